The fourth-order valence-corrected chi connectivity index (χ4v) is 1.13. The quantitative estimate of drug-likeness (QED) is 0.512. The minimum atomic E-state index is 0.700. The lowest BCUT2D eigenvalue weighted by Gasteiger charge is -2.24. The van der Waals surface area contributed by atoms with Gasteiger partial charge in [0.25, 0.3) is 0 Å². The zero-order chi connectivity index (χ0) is 8.60. The van der Waals surface area contributed by atoms with E-state index in [0.29, 0.717) is 4.48 Å². The Hall–Kier alpha value is -1.29. The standard InChI is InChI=1S/C8H11N4/c1-3-12(2)4-7-8(11-6-12)10-5-9-7/h4-6H,3H2,1-2H3/q+1. The average Bonchev–Trinajstić information content (AvgIpc) is 2.51. The number of hydrogen-bond donors (Lipinski definition) is 0. The molecule has 4 heteroatoms. The molecule has 2 aliphatic heterocycles. The average molecular weight is 163 g/mol. The summed E-state index contributed by atoms with van der Waals surface area (Å²) in [6.07, 6.45) is 5.50. The van der Waals surface area contributed by atoms with Crippen LogP contribution in [0, 0.1) is 0 Å². The minimum Gasteiger partial charge on any atom is -0.255 e. The minimum absolute atomic E-state index is 0.700. The molecule has 4 nitrogen and oxygen atoms in total. The van der Waals surface area contributed by atoms with Crippen molar-refractivity contribution in [2.45, 2.75) is 6.92 Å². The third-order valence-electron chi connectivity index (χ3n) is 2.15. The molecule has 1 unspecified atom stereocenters. The highest BCUT2D eigenvalue weighted by molar-refractivity contribution is 6.09. The Morgan fingerprint density at radius 2 is 2.25 bits per heavy atom. The van der Waals surface area contributed by atoms with Crippen LogP contribution in [0.5, 0.6) is 0 Å². The highest BCUT2D eigenvalue weighted by atomic mass is 15.4. The molecular formula is C8H11N4+. The van der Waals surface area contributed by atoms with Crippen LogP contribution >= 0.6 is 0 Å². The monoisotopic (exact) mass is 163 g/mol. The Morgan fingerprint density at radius 1 is 1.42 bits per heavy atom. The lowest BCUT2D eigenvalue weighted by atomic mass is 10.3. The van der Waals surface area contributed by atoms with Crippen LogP contribution in [0.1, 0.15) is 6.92 Å². The van der Waals surface area contributed by atoms with E-state index in [2.05, 4.69) is 35.1 Å². The number of aliphatic imine (C=N–C) groups is 3. The molecule has 2 aliphatic rings. The fourth-order valence-electron chi connectivity index (χ4n) is 1.13. The van der Waals surface area contributed by atoms with Crippen molar-refractivity contribution in [3.63, 3.8) is 0 Å². The molecule has 0 radical (unpaired) electrons. The van der Waals surface area contributed by atoms with E-state index in [9.17, 15) is 0 Å². The molecule has 0 saturated carbocycles. The second kappa shape index (κ2) is 2.35. The van der Waals surface area contributed by atoms with Gasteiger partial charge in [-0.15, -0.1) is 0 Å². The molecule has 0 fully saturated rings. The highest BCUT2D eigenvalue weighted by Gasteiger charge is 2.24. The predicted octanol–water partition coefficient (Wildman–Crippen LogP) is 0.777. The van der Waals surface area contributed by atoms with Gasteiger partial charge in [0.2, 0.25) is 0 Å². The molecule has 0 N–H and O–H groups in total. The van der Waals surface area contributed by atoms with Gasteiger partial charge in [-0.05, 0) is 6.92 Å². The summed E-state index contributed by atoms with van der Waals surface area (Å²) < 4.78 is 0.700. The van der Waals surface area contributed by atoms with Crippen molar-refractivity contribution in [1.82, 2.24) is 0 Å². The van der Waals surface area contributed by atoms with Crippen molar-refractivity contribution in [3.05, 3.63) is 11.9 Å². The summed E-state index contributed by atoms with van der Waals surface area (Å²) >= 11 is 0. The molecule has 0 spiro atoms. The molecule has 0 amide bonds. The lowest BCUT2D eigenvalue weighted by molar-refractivity contribution is -0.757. The zero-order valence-electron chi connectivity index (χ0n) is 7.23. The number of fused-ring (bicyclic) bond motifs is 1. The normalized spacial score (nSPS) is 31.5. The topological polar surface area (TPSA) is 37.1 Å². The van der Waals surface area contributed by atoms with Gasteiger partial charge in [0.05, 0.1) is 13.6 Å². The van der Waals surface area contributed by atoms with Gasteiger partial charge in [0, 0.05) is 0 Å². The van der Waals surface area contributed by atoms with Crippen LogP contribution in [0.2, 0.25) is 0 Å². The number of hydrogen-bond acceptors (Lipinski definition) is 3. The van der Waals surface area contributed by atoms with Gasteiger partial charge in [0.1, 0.15) is 12.5 Å². The van der Waals surface area contributed by atoms with Crippen LogP contribution in [0.25, 0.3) is 0 Å². The van der Waals surface area contributed by atoms with Gasteiger partial charge in [0.15, 0.2) is 17.9 Å². The molecule has 2 rings (SSSR count). The first-order valence-electron chi connectivity index (χ1n) is 3.97. The first-order valence-corrected chi connectivity index (χ1v) is 3.97. The Kier molecular flexibility index (Phi) is 1.44. The summed E-state index contributed by atoms with van der Waals surface area (Å²) in [5.41, 5.74) is 0.891. The van der Waals surface area contributed by atoms with E-state index in [1.165, 1.54) is 0 Å². The molecule has 0 aromatic rings. The molecule has 1 atom stereocenters. The highest BCUT2D eigenvalue weighted by Crippen LogP contribution is 2.16. The van der Waals surface area contributed by atoms with Gasteiger partial charge in [-0.1, -0.05) is 0 Å². The van der Waals surface area contributed by atoms with E-state index < -0.39 is 0 Å². The van der Waals surface area contributed by atoms with E-state index in [-0.39, 0.29) is 0 Å². The molecule has 0 aromatic carbocycles. The molecule has 2 heterocycles. The zero-order valence-corrected chi connectivity index (χ0v) is 7.23. The molecular weight excluding hydrogens is 152 g/mol. The summed E-state index contributed by atoms with van der Waals surface area (Å²) in [4.78, 5) is 12.3. The van der Waals surface area contributed by atoms with E-state index in [0.717, 1.165) is 18.1 Å². The maximum Gasteiger partial charge on any atom is 0.196 e. The maximum atomic E-state index is 4.22. The van der Waals surface area contributed by atoms with Crippen molar-refractivity contribution in [1.29, 1.82) is 0 Å². The van der Waals surface area contributed by atoms with Gasteiger partial charge in [-0.3, -0.25) is 4.48 Å². The SMILES string of the molecule is CC[N+]1(C)C=NC2=NC=NC2=C1. The van der Waals surface area contributed by atoms with E-state index in [1.54, 1.807) is 6.34 Å². The first-order chi connectivity index (χ1) is 5.73. The van der Waals surface area contributed by atoms with Gasteiger partial charge < -0.3 is 0 Å². The smallest absolute Gasteiger partial charge is 0.196 e. The van der Waals surface area contributed by atoms with Crippen LogP contribution < -0.4 is 0 Å². The van der Waals surface area contributed by atoms with E-state index >= 15 is 0 Å². The van der Waals surface area contributed by atoms with Crippen LogP contribution in [0.3, 0.4) is 0 Å². The molecule has 0 saturated heterocycles. The number of nitrogens with zero attached hydrogens (tertiary/aromatic N) is 4. The summed E-state index contributed by atoms with van der Waals surface area (Å²) in [5.74, 6) is 0.735. The van der Waals surface area contributed by atoms with Crippen LogP contribution in [0.15, 0.2) is 26.9 Å². The van der Waals surface area contributed by atoms with Crippen molar-refractivity contribution in [2.24, 2.45) is 15.0 Å². The fraction of sp³-hybridized carbons (Fsp3) is 0.375. The summed E-state index contributed by atoms with van der Waals surface area (Å²) in [6.45, 7) is 3.10. The van der Waals surface area contributed by atoms with Crippen molar-refractivity contribution < 1.29 is 4.48 Å². The Morgan fingerprint density at radius 3 is 3.00 bits per heavy atom. The first kappa shape index (κ1) is 7.36. The molecule has 12 heavy (non-hydrogen) atoms. The van der Waals surface area contributed by atoms with Crippen molar-refractivity contribution >= 4 is 18.5 Å². The van der Waals surface area contributed by atoms with Crippen LogP contribution in [-0.4, -0.2) is 36.6 Å². The Bertz CT molecular complexity index is 324. The predicted molar refractivity (Wildman–Crippen MR) is 49.2 cm³/mol. The van der Waals surface area contributed by atoms with Gasteiger partial charge in [-0.25, -0.2) is 9.98 Å². The third kappa shape index (κ3) is 1.00. The number of quaternary nitrogens is 1. The molecule has 0 aliphatic carbocycles. The summed E-state index contributed by atoms with van der Waals surface area (Å²) in [5, 5.41) is 0. The van der Waals surface area contributed by atoms with Gasteiger partial charge >= 0.3 is 0 Å². The maximum absolute atomic E-state index is 4.22. The van der Waals surface area contributed by atoms with Gasteiger partial charge in [-0.2, -0.15) is 4.99 Å². The Balaban J connectivity index is 2.39. The molecule has 0 aromatic heterocycles. The number of amidine groups is 1. The lowest BCUT2D eigenvalue weighted by Crippen LogP contribution is -2.39. The molecule has 62 valence electrons. The Labute approximate surface area is 71.2 Å². The van der Waals surface area contributed by atoms with E-state index in [1.807, 2.05) is 6.34 Å². The second-order valence-electron chi connectivity index (χ2n) is 3.12. The summed E-state index contributed by atoms with van der Waals surface area (Å²) in [7, 11) is 2.08. The summed E-state index contributed by atoms with van der Waals surface area (Å²) in [6, 6.07) is 0. The van der Waals surface area contributed by atoms with Crippen molar-refractivity contribution in [3.8, 4) is 0 Å². The van der Waals surface area contributed by atoms with E-state index in [4.69, 9.17) is 0 Å². The largest absolute Gasteiger partial charge is 0.255 e. The third-order valence-corrected chi connectivity index (χ3v) is 2.15. The van der Waals surface area contributed by atoms with Crippen LogP contribution in [-0.2, 0) is 0 Å². The number of rotatable bonds is 1. The second-order valence-corrected chi connectivity index (χ2v) is 3.12. The van der Waals surface area contributed by atoms with Crippen molar-refractivity contribution in [2.75, 3.05) is 13.6 Å². The molecule has 0 bridgehead atoms. The van der Waals surface area contributed by atoms with Crippen LogP contribution in [0.4, 0.5) is 0 Å².